The predicted octanol–water partition coefficient (Wildman–Crippen LogP) is 2.85. The van der Waals surface area contributed by atoms with Gasteiger partial charge >= 0.3 is 0 Å². The molecule has 0 aliphatic heterocycles. The van der Waals surface area contributed by atoms with E-state index in [9.17, 15) is 4.79 Å². The minimum atomic E-state index is 0.263. The summed E-state index contributed by atoms with van der Waals surface area (Å²) >= 11 is 0. The lowest BCUT2D eigenvalue weighted by Crippen LogP contribution is -2.31. The molecule has 110 valence electrons. The lowest BCUT2D eigenvalue weighted by atomic mass is 10.1. The highest BCUT2D eigenvalue weighted by atomic mass is 16.5. The van der Waals surface area contributed by atoms with E-state index in [1.54, 1.807) is 7.11 Å². The fourth-order valence-corrected chi connectivity index (χ4v) is 2.24. The van der Waals surface area contributed by atoms with Crippen molar-refractivity contribution in [2.45, 2.75) is 33.2 Å². The van der Waals surface area contributed by atoms with Crippen LogP contribution in [0.5, 0.6) is 11.5 Å². The van der Waals surface area contributed by atoms with Crippen molar-refractivity contribution in [3.05, 3.63) is 23.8 Å². The largest absolute Gasteiger partial charge is 0.493 e. The molecule has 1 aliphatic carbocycles. The van der Waals surface area contributed by atoms with Crippen LogP contribution in [0.3, 0.4) is 0 Å². The topological polar surface area (TPSA) is 38.8 Å². The zero-order valence-electron chi connectivity index (χ0n) is 12.5. The van der Waals surface area contributed by atoms with Gasteiger partial charge in [-0.05, 0) is 44.4 Å². The third-order valence-electron chi connectivity index (χ3n) is 3.52. The number of carbonyl (C=O) groups excluding carboxylic acids is 1. The second-order valence-electron chi connectivity index (χ2n) is 5.04. The van der Waals surface area contributed by atoms with Crippen molar-refractivity contribution >= 4 is 5.91 Å². The number of nitrogens with zero attached hydrogens (tertiary/aromatic N) is 1. The fraction of sp³-hybridized carbons (Fsp3) is 0.562. The first-order chi connectivity index (χ1) is 9.69. The van der Waals surface area contributed by atoms with Gasteiger partial charge in [0.1, 0.15) is 0 Å². The van der Waals surface area contributed by atoms with E-state index < -0.39 is 0 Å². The van der Waals surface area contributed by atoms with Crippen LogP contribution in [0.1, 0.15) is 32.3 Å². The number of ether oxygens (including phenoxy) is 2. The molecule has 1 amide bonds. The molecular weight excluding hydrogens is 254 g/mol. The van der Waals surface area contributed by atoms with E-state index in [4.69, 9.17) is 9.47 Å². The van der Waals surface area contributed by atoms with Crippen molar-refractivity contribution in [1.82, 2.24) is 4.90 Å². The van der Waals surface area contributed by atoms with Gasteiger partial charge in [-0.3, -0.25) is 4.79 Å². The number of methoxy groups -OCH3 is 1. The molecule has 4 heteroatoms. The van der Waals surface area contributed by atoms with E-state index in [0.29, 0.717) is 13.2 Å². The Bertz CT molecular complexity index is 469. The van der Waals surface area contributed by atoms with E-state index in [0.717, 1.165) is 36.4 Å². The van der Waals surface area contributed by atoms with Gasteiger partial charge in [-0.2, -0.15) is 0 Å². The fourth-order valence-electron chi connectivity index (χ4n) is 2.24. The summed E-state index contributed by atoms with van der Waals surface area (Å²) in [6, 6.07) is 5.86. The third-order valence-corrected chi connectivity index (χ3v) is 3.52. The molecule has 1 aliphatic rings. The number of rotatable bonds is 7. The molecule has 0 aromatic heterocycles. The van der Waals surface area contributed by atoms with Crippen LogP contribution >= 0.6 is 0 Å². The van der Waals surface area contributed by atoms with Crippen LogP contribution in [0.2, 0.25) is 0 Å². The van der Waals surface area contributed by atoms with Gasteiger partial charge in [-0.1, -0.05) is 6.07 Å². The van der Waals surface area contributed by atoms with Crippen LogP contribution in [-0.4, -0.2) is 31.1 Å². The average Bonchev–Trinajstić information content (AvgIpc) is 3.30. The molecule has 1 fully saturated rings. The molecular formula is C16H23NO3. The average molecular weight is 277 g/mol. The first-order valence-corrected chi connectivity index (χ1v) is 7.28. The van der Waals surface area contributed by atoms with Crippen molar-refractivity contribution in [3.63, 3.8) is 0 Å². The summed E-state index contributed by atoms with van der Waals surface area (Å²) in [4.78, 5) is 14.0. The second-order valence-corrected chi connectivity index (χ2v) is 5.04. The SMILES string of the molecule is CCOc1ccc(CN(CC)C(=O)C2CC2)cc1OC. The Labute approximate surface area is 120 Å². The first kappa shape index (κ1) is 14.7. The highest BCUT2D eigenvalue weighted by Crippen LogP contribution is 2.32. The Morgan fingerprint density at radius 1 is 1.30 bits per heavy atom. The molecule has 1 saturated carbocycles. The molecule has 0 heterocycles. The van der Waals surface area contributed by atoms with Crippen LogP contribution in [0, 0.1) is 5.92 Å². The van der Waals surface area contributed by atoms with Crippen molar-refractivity contribution in [2.24, 2.45) is 5.92 Å². The van der Waals surface area contributed by atoms with Crippen LogP contribution < -0.4 is 9.47 Å². The van der Waals surface area contributed by atoms with E-state index >= 15 is 0 Å². The van der Waals surface area contributed by atoms with Crippen molar-refractivity contribution in [3.8, 4) is 11.5 Å². The molecule has 1 aromatic carbocycles. The minimum Gasteiger partial charge on any atom is -0.493 e. The number of hydrogen-bond acceptors (Lipinski definition) is 3. The van der Waals surface area contributed by atoms with E-state index in [1.165, 1.54) is 0 Å². The quantitative estimate of drug-likeness (QED) is 0.769. The maximum atomic E-state index is 12.1. The number of carbonyl (C=O) groups is 1. The zero-order valence-corrected chi connectivity index (χ0v) is 12.5. The predicted molar refractivity (Wildman–Crippen MR) is 78.0 cm³/mol. The van der Waals surface area contributed by atoms with E-state index in [-0.39, 0.29) is 11.8 Å². The molecule has 0 unspecified atom stereocenters. The monoisotopic (exact) mass is 277 g/mol. The summed E-state index contributed by atoms with van der Waals surface area (Å²) in [6.07, 6.45) is 2.09. The molecule has 2 rings (SSSR count). The second kappa shape index (κ2) is 6.64. The molecule has 4 nitrogen and oxygen atoms in total. The van der Waals surface area contributed by atoms with Gasteiger partial charge < -0.3 is 14.4 Å². The lowest BCUT2D eigenvalue weighted by Gasteiger charge is -2.21. The van der Waals surface area contributed by atoms with Gasteiger partial charge in [0.25, 0.3) is 0 Å². The third kappa shape index (κ3) is 3.44. The maximum Gasteiger partial charge on any atom is 0.225 e. The molecule has 0 bridgehead atoms. The standard InChI is InChI=1S/C16H23NO3/c1-4-17(16(18)13-7-8-13)11-12-6-9-14(20-5-2)15(10-12)19-3/h6,9-10,13H,4-5,7-8,11H2,1-3H3. The zero-order chi connectivity index (χ0) is 14.5. The first-order valence-electron chi connectivity index (χ1n) is 7.28. The van der Waals surface area contributed by atoms with Crippen LogP contribution in [0.25, 0.3) is 0 Å². The molecule has 0 saturated heterocycles. The normalized spacial score (nSPS) is 13.9. The van der Waals surface area contributed by atoms with Gasteiger partial charge in [0, 0.05) is 19.0 Å². The van der Waals surface area contributed by atoms with Gasteiger partial charge in [0.05, 0.1) is 13.7 Å². The number of amides is 1. The van der Waals surface area contributed by atoms with Crippen LogP contribution in [0.4, 0.5) is 0 Å². The molecule has 0 spiro atoms. The Morgan fingerprint density at radius 3 is 2.60 bits per heavy atom. The van der Waals surface area contributed by atoms with Gasteiger partial charge in [-0.25, -0.2) is 0 Å². The van der Waals surface area contributed by atoms with Crippen molar-refractivity contribution in [2.75, 3.05) is 20.3 Å². The summed E-state index contributed by atoms with van der Waals surface area (Å²) < 4.78 is 10.8. The van der Waals surface area contributed by atoms with Gasteiger partial charge in [-0.15, -0.1) is 0 Å². The summed E-state index contributed by atoms with van der Waals surface area (Å²) in [5.41, 5.74) is 1.07. The summed E-state index contributed by atoms with van der Waals surface area (Å²) in [5, 5.41) is 0. The van der Waals surface area contributed by atoms with Crippen molar-refractivity contribution < 1.29 is 14.3 Å². The Morgan fingerprint density at radius 2 is 2.05 bits per heavy atom. The van der Waals surface area contributed by atoms with Crippen LogP contribution in [0.15, 0.2) is 18.2 Å². The van der Waals surface area contributed by atoms with Gasteiger partial charge in [0.15, 0.2) is 11.5 Å². The molecule has 0 N–H and O–H groups in total. The van der Waals surface area contributed by atoms with Crippen LogP contribution in [-0.2, 0) is 11.3 Å². The number of benzene rings is 1. The molecule has 0 radical (unpaired) electrons. The van der Waals surface area contributed by atoms with Crippen molar-refractivity contribution in [1.29, 1.82) is 0 Å². The molecule has 0 atom stereocenters. The molecule has 1 aromatic rings. The summed E-state index contributed by atoms with van der Waals surface area (Å²) in [5.74, 6) is 2.01. The Balaban J connectivity index is 2.09. The maximum absolute atomic E-state index is 12.1. The number of hydrogen-bond donors (Lipinski definition) is 0. The minimum absolute atomic E-state index is 0.263. The Kier molecular flexibility index (Phi) is 4.88. The summed E-state index contributed by atoms with van der Waals surface area (Å²) in [7, 11) is 1.63. The molecule has 20 heavy (non-hydrogen) atoms. The highest BCUT2D eigenvalue weighted by Gasteiger charge is 2.32. The van der Waals surface area contributed by atoms with E-state index in [1.807, 2.05) is 36.9 Å². The van der Waals surface area contributed by atoms with E-state index in [2.05, 4.69) is 0 Å². The smallest absolute Gasteiger partial charge is 0.225 e. The summed E-state index contributed by atoms with van der Waals surface area (Å²) in [6.45, 7) is 5.95. The highest BCUT2D eigenvalue weighted by molar-refractivity contribution is 5.81. The lowest BCUT2D eigenvalue weighted by molar-refractivity contribution is -0.132. The van der Waals surface area contributed by atoms with Gasteiger partial charge in [0.2, 0.25) is 5.91 Å². The Hall–Kier alpha value is -1.71.